The van der Waals surface area contributed by atoms with Gasteiger partial charge in [-0.15, -0.1) is 0 Å². The standard InChI is InChI=1S/C15H20ClNO/c1-9-10-4-2-3-5-11(10)13(16)14(18)12(9)8-15(17)6-7-15/h18H,2-8,17H2,1H3. The van der Waals surface area contributed by atoms with Crippen molar-refractivity contribution in [2.24, 2.45) is 5.73 Å². The highest BCUT2D eigenvalue weighted by Crippen LogP contribution is 2.44. The van der Waals surface area contributed by atoms with Gasteiger partial charge in [0.1, 0.15) is 5.75 Å². The summed E-state index contributed by atoms with van der Waals surface area (Å²) in [6.07, 6.45) is 7.36. The van der Waals surface area contributed by atoms with Crippen molar-refractivity contribution in [2.45, 2.75) is 57.4 Å². The summed E-state index contributed by atoms with van der Waals surface area (Å²) in [7, 11) is 0. The number of halogens is 1. The monoisotopic (exact) mass is 265 g/mol. The van der Waals surface area contributed by atoms with Gasteiger partial charge in [0.05, 0.1) is 5.02 Å². The molecule has 1 aromatic carbocycles. The van der Waals surface area contributed by atoms with Gasteiger partial charge < -0.3 is 10.8 Å². The van der Waals surface area contributed by atoms with Gasteiger partial charge in [0.2, 0.25) is 0 Å². The number of nitrogens with two attached hydrogens (primary N) is 1. The predicted octanol–water partition coefficient (Wildman–Crippen LogP) is 3.27. The summed E-state index contributed by atoms with van der Waals surface area (Å²) in [6.45, 7) is 2.11. The molecule has 0 aliphatic heterocycles. The van der Waals surface area contributed by atoms with E-state index in [0.29, 0.717) is 5.02 Å². The van der Waals surface area contributed by atoms with Gasteiger partial charge in [-0.25, -0.2) is 0 Å². The van der Waals surface area contributed by atoms with Crippen molar-refractivity contribution < 1.29 is 5.11 Å². The average molecular weight is 266 g/mol. The second kappa shape index (κ2) is 4.14. The number of benzene rings is 1. The third-order valence-corrected chi connectivity index (χ3v) is 4.96. The van der Waals surface area contributed by atoms with Crippen molar-refractivity contribution in [3.8, 4) is 5.75 Å². The highest BCUT2D eigenvalue weighted by molar-refractivity contribution is 6.33. The third-order valence-electron chi connectivity index (χ3n) is 4.55. The van der Waals surface area contributed by atoms with Crippen LogP contribution in [0.5, 0.6) is 5.75 Å². The second-order valence-electron chi connectivity index (χ2n) is 5.97. The number of fused-ring (bicyclic) bond motifs is 1. The molecule has 0 spiro atoms. The maximum Gasteiger partial charge on any atom is 0.137 e. The Morgan fingerprint density at radius 3 is 2.44 bits per heavy atom. The number of phenols is 1. The van der Waals surface area contributed by atoms with E-state index in [1.165, 1.54) is 29.5 Å². The van der Waals surface area contributed by atoms with Gasteiger partial charge in [0.15, 0.2) is 0 Å². The van der Waals surface area contributed by atoms with Crippen molar-refractivity contribution in [3.05, 3.63) is 27.3 Å². The minimum Gasteiger partial charge on any atom is -0.506 e. The summed E-state index contributed by atoms with van der Waals surface area (Å²) in [5, 5.41) is 10.9. The summed E-state index contributed by atoms with van der Waals surface area (Å²) < 4.78 is 0. The van der Waals surface area contributed by atoms with Crippen molar-refractivity contribution in [2.75, 3.05) is 0 Å². The number of aromatic hydroxyl groups is 1. The second-order valence-corrected chi connectivity index (χ2v) is 6.35. The molecule has 3 N–H and O–H groups in total. The molecule has 2 aliphatic rings. The molecule has 1 aromatic rings. The van der Waals surface area contributed by atoms with Crippen LogP contribution in [-0.2, 0) is 19.3 Å². The minimum absolute atomic E-state index is 0.0888. The molecule has 1 saturated carbocycles. The lowest BCUT2D eigenvalue weighted by Gasteiger charge is -2.24. The number of phenolic OH excluding ortho intramolecular Hbond substituents is 1. The highest BCUT2D eigenvalue weighted by Gasteiger charge is 2.39. The van der Waals surface area contributed by atoms with Crippen molar-refractivity contribution >= 4 is 11.6 Å². The van der Waals surface area contributed by atoms with Crippen LogP contribution < -0.4 is 5.73 Å². The Hall–Kier alpha value is -0.730. The molecule has 0 atom stereocenters. The van der Waals surface area contributed by atoms with Crippen LogP contribution in [0.4, 0.5) is 0 Å². The first-order valence-corrected chi connectivity index (χ1v) is 7.20. The average Bonchev–Trinajstić information content (AvgIpc) is 3.10. The minimum atomic E-state index is -0.0888. The molecule has 2 aliphatic carbocycles. The van der Waals surface area contributed by atoms with Gasteiger partial charge in [-0.1, -0.05) is 11.6 Å². The third kappa shape index (κ3) is 1.92. The van der Waals surface area contributed by atoms with E-state index in [4.69, 9.17) is 17.3 Å². The van der Waals surface area contributed by atoms with E-state index in [1.54, 1.807) is 0 Å². The van der Waals surface area contributed by atoms with Crippen LogP contribution in [0.3, 0.4) is 0 Å². The Morgan fingerprint density at radius 1 is 1.22 bits per heavy atom. The normalized spacial score (nSPS) is 20.6. The van der Waals surface area contributed by atoms with Gasteiger partial charge in [-0.2, -0.15) is 0 Å². The fraction of sp³-hybridized carbons (Fsp3) is 0.600. The molecule has 98 valence electrons. The summed E-state index contributed by atoms with van der Waals surface area (Å²) in [5.74, 6) is 0.284. The zero-order valence-electron chi connectivity index (χ0n) is 10.9. The predicted molar refractivity (Wildman–Crippen MR) is 74.4 cm³/mol. The lowest BCUT2D eigenvalue weighted by molar-refractivity contribution is 0.460. The smallest absolute Gasteiger partial charge is 0.137 e. The summed E-state index contributed by atoms with van der Waals surface area (Å²) in [6, 6.07) is 0. The van der Waals surface area contributed by atoms with Crippen molar-refractivity contribution in [1.82, 2.24) is 0 Å². The van der Waals surface area contributed by atoms with Crippen molar-refractivity contribution in [3.63, 3.8) is 0 Å². The molecule has 3 heteroatoms. The van der Waals surface area contributed by atoms with Crippen LogP contribution in [0.15, 0.2) is 0 Å². The Balaban J connectivity index is 2.10. The lowest BCUT2D eigenvalue weighted by atomic mass is 9.84. The first kappa shape index (κ1) is 12.3. The van der Waals surface area contributed by atoms with Gasteiger partial charge in [0, 0.05) is 11.1 Å². The fourth-order valence-electron chi connectivity index (χ4n) is 3.10. The molecule has 0 amide bonds. The molecular formula is C15H20ClNO. The van der Waals surface area contributed by atoms with E-state index < -0.39 is 0 Å². The van der Waals surface area contributed by atoms with Crippen LogP contribution in [0.25, 0.3) is 0 Å². The van der Waals surface area contributed by atoms with E-state index in [-0.39, 0.29) is 11.3 Å². The first-order valence-electron chi connectivity index (χ1n) is 6.82. The number of hydrogen-bond acceptors (Lipinski definition) is 2. The molecule has 0 heterocycles. The molecule has 3 rings (SSSR count). The topological polar surface area (TPSA) is 46.2 Å². The first-order chi connectivity index (χ1) is 8.52. The van der Waals surface area contributed by atoms with Gasteiger partial charge >= 0.3 is 0 Å². The molecule has 0 unspecified atom stereocenters. The molecule has 1 fully saturated rings. The van der Waals surface area contributed by atoms with Crippen LogP contribution in [0.2, 0.25) is 5.02 Å². The molecule has 18 heavy (non-hydrogen) atoms. The van der Waals surface area contributed by atoms with E-state index in [9.17, 15) is 5.11 Å². The van der Waals surface area contributed by atoms with Gasteiger partial charge in [-0.3, -0.25) is 0 Å². The van der Waals surface area contributed by atoms with Crippen LogP contribution >= 0.6 is 11.6 Å². The van der Waals surface area contributed by atoms with Crippen LogP contribution in [0, 0.1) is 6.92 Å². The summed E-state index contributed by atoms with van der Waals surface area (Å²) >= 11 is 6.35. The van der Waals surface area contributed by atoms with Crippen molar-refractivity contribution in [1.29, 1.82) is 0 Å². The SMILES string of the molecule is Cc1c(CC2(N)CC2)c(O)c(Cl)c2c1CCCC2. The maximum absolute atomic E-state index is 10.3. The maximum atomic E-state index is 10.3. The molecule has 2 nitrogen and oxygen atoms in total. The Morgan fingerprint density at radius 2 is 1.83 bits per heavy atom. The Bertz CT molecular complexity index is 506. The van der Waals surface area contributed by atoms with Gasteiger partial charge in [-0.05, 0) is 68.6 Å². The Labute approximate surface area is 113 Å². The largest absolute Gasteiger partial charge is 0.506 e. The Kier molecular flexibility index (Phi) is 2.83. The quantitative estimate of drug-likeness (QED) is 0.862. The van der Waals surface area contributed by atoms with Crippen LogP contribution in [0.1, 0.15) is 47.9 Å². The van der Waals surface area contributed by atoms with E-state index in [2.05, 4.69) is 6.92 Å². The summed E-state index contributed by atoms with van der Waals surface area (Å²) in [5.41, 5.74) is 10.8. The zero-order valence-corrected chi connectivity index (χ0v) is 11.6. The van der Waals surface area contributed by atoms with E-state index in [1.807, 2.05) is 0 Å². The van der Waals surface area contributed by atoms with E-state index in [0.717, 1.165) is 37.7 Å². The summed E-state index contributed by atoms with van der Waals surface area (Å²) in [4.78, 5) is 0. The molecule has 0 radical (unpaired) electrons. The fourth-order valence-corrected chi connectivity index (χ4v) is 3.42. The molecule has 0 saturated heterocycles. The molecule has 0 bridgehead atoms. The molecule has 0 aromatic heterocycles. The van der Waals surface area contributed by atoms with Gasteiger partial charge in [0.25, 0.3) is 0 Å². The lowest BCUT2D eigenvalue weighted by Crippen LogP contribution is -2.25. The highest BCUT2D eigenvalue weighted by atomic mass is 35.5. The molecular weight excluding hydrogens is 246 g/mol. The number of hydrogen-bond donors (Lipinski definition) is 2. The number of rotatable bonds is 2. The van der Waals surface area contributed by atoms with E-state index >= 15 is 0 Å². The zero-order chi connectivity index (χ0) is 12.9. The van der Waals surface area contributed by atoms with Crippen LogP contribution in [-0.4, -0.2) is 10.6 Å².